The highest BCUT2D eigenvalue weighted by Crippen LogP contribution is 2.24. The Labute approximate surface area is 108 Å². The molecule has 1 heterocycles. The van der Waals surface area contributed by atoms with Gasteiger partial charge in [-0.25, -0.2) is 4.98 Å². The SMILES string of the molecule is CC(C)(C)c1ccc([C@H](O)Cc2cnc[nH]2)cc1. The number of H-pyrrole nitrogens is 1. The van der Waals surface area contributed by atoms with Crippen molar-refractivity contribution < 1.29 is 5.11 Å². The van der Waals surface area contributed by atoms with Crippen LogP contribution >= 0.6 is 0 Å². The largest absolute Gasteiger partial charge is 0.388 e. The molecule has 2 N–H and O–H groups in total. The Morgan fingerprint density at radius 2 is 1.89 bits per heavy atom. The lowest BCUT2D eigenvalue weighted by Gasteiger charge is -2.20. The summed E-state index contributed by atoms with van der Waals surface area (Å²) in [6.45, 7) is 6.55. The molecule has 0 bridgehead atoms. The number of nitrogens with one attached hydrogen (secondary N) is 1. The third-order valence-corrected chi connectivity index (χ3v) is 3.13. The Hall–Kier alpha value is -1.61. The summed E-state index contributed by atoms with van der Waals surface area (Å²) in [6.07, 6.45) is 3.45. The maximum absolute atomic E-state index is 10.1. The van der Waals surface area contributed by atoms with Crippen molar-refractivity contribution >= 4 is 0 Å². The second-order valence-corrected chi connectivity index (χ2v) is 5.67. The van der Waals surface area contributed by atoms with E-state index in [1.165, 1.54) is 5.56 Å². The number of nitrogens with zero attached hydrogens (tertiary/aromatic N) is 1. The van der Waals surface area contributed by atoms with E-state index < -0.39 is 6.10 Å². The Balaban J connectivity index is 2.10. The summed E-state index contributed by atoms with van der Waals surface area (Å²) in [5.74, 6) is 0. The summed E-state index contributed by atoms with van der Waals surface area (Å²) in [7, 11) is 0. The number of imidazole rings is 1. The molecule has 3 nitrogen and oxygen atoms in total. The molecule has 0 saturated carbocycles. The summed E-state index contributed by atoms with van der Waals surface area (Å²) < 4.78 is 0. The number of aromatic amines is 1. The van der Waals surface area contributed by atoms with Crippen molar-refractivity contribution in [2.24, 2.45) is 0 Å². The standard InChI is InChI=1S/C15H20N2O/c1-15(2,3)12-6-4-11(5-7-12)14(18)8-13-9-16-10-17-13/h4-7,9-10,14,18H,8H2,1-3H3,(H,16,17)/t14-/m1/s1. The van der Waals surface area contributed by atoms with Gasteiger partial charge in [-0.1, -0.05) is 45.0 Å². The van der Waals surface area contributed by atoms with E-state index in [0.29, 0.717) is 6.42 Å². The minimum Gasteiger partial charge on any atom is -0.388 e. The molecular formula is C15H20N2O. The molecule has 0 unspecified atom stereocenters. The number of hydrogen-bond donors (Lipinski definition) is 2. The first kappa shape index (κ1) is 12.8. The van der Waals surface area contributed by atoms with Crippen LogP contribution in [0.15, 0.2) is 36.8 Å². The topological polar surface area (TPSA) is 48.9 Å². The van der Waals surface area contributed by atoms with Crippen molar-refractivity contribution in [3.8, 4) is 0 Å². The maximum atomic E-state index is 10.1. The van der Waals surface area contributed by atoms with Crippen LogP contribution in [0, 0.1) is 0 Å². The van der Waals surface area contributed by atoms with Crippen LogP contribution in [-0.4, -0.2) is 15.1 Å². The first-order valence-corrected chi connectivity index (χ1v) is 6.22. The summed E-state index contributed by atoms with van der Waals surface area (Å²) in [6, 6.07) is 8.18. The number of aliphatic hydroxyl groups is 1. The Morgan fingerprint density at radius 1 is 1.22 bits per heavy atom. The van der Waals surface area contributed by atoms with Crippen molar-refractivity contribution in [3.05, 3.63) is 53.6 Å². The summed E-state index contributed by atoms with van der Waals surface area (Å²) in [5.41, 5.74) is 3.31. The number of hydrogen-bond acceptors (Lipinski definition) is 2. The minimum absolute atomic E-state index is 0.146. The van der Waals surface area contributed by atoms with Crippen LogP contribution in [0.4, 0.5) is 0 Å². The average molecular weight is 244 g/mol. The van der Waals surface area contributed by atoms with Crippen LogP contribution in [-0.2, 0) is 11.8 Å². The van der Waals surface area contributed by atoms with E-state index in [-0.39, 0.29) is 5.41 Å². The molecule has 0 aliphatic rings. The van der Waals surface area contributed by atoms with Crippen molar-refractivity contribution in [2.45, 2.75) is 38.7 Å². The average Bonchev–Trinajstić information content (AvgIpc) is 2.81. The van der Waals surface area contributed by atoms with E-state index in [0.717, 1.165) is 11.3 Å². The molecule has 2 rings (SSSR count). The normalized spacial score (nSPS) is 13.6. The highest BCUT2D eigenvalue weighted by molar-refractivity contribution is 5.29. The van der Waals surface area contributed by atoms with E-state index in [1.807, 2.05) is 12.1 Å². The molecule has 1 atom stereocenters. The van der Waals surface area contributed by atoms with Crippen LogP contribution in [0.2, 0.25) is 0 Å². The second-order valence-electron chi connectivity index (χ2n) is 5.67. The molecule has 0 aliphatic heterocycles. The maximum Gasteiger partial charge on any atom is 0.0921 e. The third-order valence-electron chi connectivity index (χ3n) is 3.13. The van der Waals surface area contributed by atoms with Crippen molar-refractivity contribution in [1.82, 2.24) is 9.97 Å². The number of rotatable bonds is 3. The second kappa shape index (κ2) is 4.94. The number of benzene rings is 1. The molecule has 96 valence electrons. The van der Waals surface area contributed by atoms with Gasteiger partial charge in [-0.3, -0.25) is 0 Å². The molecule has 0 spiro atoms. The quantitative estimate of drug-likeness (QED) is 0.872. The van der Waals surface area contributed by atoms with Gasteiger partial charge in [0, 0.05) is 18.3 Å². The first-order chi connectivity index (χ1) is 8.47. The van der Waals surface area contributed by atoms with E-state index >= 15 is 0 Å². The van der Waals surface area contributed by atoms with E-state index in [1.54, 1.807) is 12.5 Å². The van der Waals surface area contributed by atoms with Crippen LogP contribution < -0.4 is 0 Å². The van der Waals surface area contributed by atoms with Gasteiger partial charge in [-0.2, -0.15) is 0 Å². The van der Waals surface area contributed by atoms with Crippen molar-refractivity contribution in [3.63, 3.8) is 0 Å². The molecule has 0 aliphatic carbocycles. The predicted octanol–water partition coefficient (Wildman–Crippen LogP) is 2.98. The first-order valence-electron chi connectivity index (χ1n) is 6.22. The van der Waals surface area contributed by atoms with Crippen LogP contribution in [0.1, 0.15) is 43.7 Å². The van der Waals surface area contributed by atoms with Crippen molar-refractivity contribution in [2.75, 3.05) is 0 Å². The summed E-state index contributed by atoms with van der Waals surface area (Å²) in [5, 5.41) is 10.1. The molecule has 18 heavy (non-hydrogen) atoms. The van der Waals surface area contributed by atoms with Gasteiger partial charge < -0.3 is 10.1 Å². The summed E-state index contributed by atoms with van der Waals surface area (Å²) >= 11 is 0. The lowest BCUT2D eigenvalue weighted by atomic mass is 9.86. The molecule has 3 heteroatoms. The predicted molar refractivity (Wildman–Crippen MR) is 72.4 cm³/mol. The fraction of sp³-hybridized carbons (Fsp3) is 0.400. The van der Waals surface area contributed by atoms with Gasteiger partial charge in [0.05, 0.1) is 12.4 Å². The molecule has 0 saturated heterocycles. The smallest absolute Gasteiger partial charge is 0.0921 e. The van der Waals surface area contributed by atoms with E-state index in [2.05, 4.69) is 42.9 Å². The highest BCUT2D eigenvalue weighted by atomic mass is 16.3. The molecule has 0 radical (unpaired) electrons. The minimum atomic E-state index is -0.487. The van der Waals surface area contributed by atoms with E-state index in [4.69, 9.17) is 0 Å². The molecule has 1 aromatic carbocycles. The fourth-order valence-electron chi connectivity index (χ4n) is 1.93. The number of aromatic nitrogens is 2. The molecule has 0 amide bonds. The fourth-order valence-corrected chi connectivity index (χ4v) is 1.93. The molecule has 0 fully saturated rings. The monoisotopic (exact) mass is 244 g/mol. The van der Waals surface area contributed by atoms with Crippen molar-refractivity contribution in [1.29, 1.82) is 0 Å². The Morgan fingerprint density at radius 3 is 2.39 bits per heavy atom. The lowest BCUT2D eigenvalue weighted by molar-refractivity contribution is 0.177. The van der Waals surface area contributed by atoms with Gasteiger partial charge in [0.25, 0.3) is 0 Å². The van der Waals surface area contributed by atoms with Crippen LogP contribution in [0.25, 0.3) is 0 Å². The van der Waals surface area contributed by atoms with Crippen LogP contribution in [0.5, 0.6) is 0 Å². The zero-order chi connectivity index (χ0) is 13.2. The molecule has 1 aromatic heterocycles. The van der Waals surface area contributed by atoms with Gasteiger partial charge in [0.1, 0.15) is 0 Å². The van der Waals surface area contributed by atoms with Gasteiger partial charge in [0.2, 0.25) is 0 Å². The summed E-state index contributed by atoms with van der Waals surface area (Å²) in [4.78, 5) is 6.95. The Bertz CT molecular complexity index is 480. The molecule has 2 aromatic rings. The van der Waals surface area contributed by atoms with Gasteiger partial charge >= 0.3 is 0 Å². The number of aliphatic hydroxyl groups excluding tert-OH is 1. The van der Waals surface area contributed by atoms with Gasteiger partial charge in [0.15, 0.2) is 0 Å². The highest BCUT2D eigenvalue weighted by Gasteiger charge is 2.15. The Kier molecular flexibility index (Phi) is 3.53. The lowest BCUT2D eigenvalue weighted by Crippen LogP contribution is -2.11. The zero-order valence-electron chi connectivity index (χ0n) is 11.1. The zero-order valence-corrected chi connectivity index (χ0v) is 11.1. The van der Waals surface area contributed by atoms with Crippen LogP contribution in [0.3, 0.4) is 0 Å². The van der Waals surface area contributed by atoms with Gasteiger partial charge in [-0.15, -0.1) is 0 Å². The third kappa shape index (κ3) is 2.99. The van der Waals surface area contributed by atoms with E-state index in [9.17, 15) is 5.11 Å². The van der Waals surface area contributed by atoms with Gasteiger partial charge in [-0.05, 0) is 16.5 Å². The molecular weight excluding hydrogens is 224 g/mol.